The molecular weight excluding hydrogens is 614 g/mol. The Kier molecular flexibility index (Phi) is 10.5. The van der Waals surface area contributed by atoms with E-state index in [1.807, 2.05) is 0 Å². The molecule has 2 aromatic carbocycles. The van der Waals surface area contributed by atoms with E-state index < -0.39 is 24.1 Å². The van der Waals surface area contributed by atoms with Crippen molar-refractivity contribution < 1.29 is 23.9 Å². The maximum atomic E-state index is 13.3. The second-order valence-electron chi connectivity index (χ2n) is 10.3. The second-order valence-corrected chi connectivity index (χ2v) is 10.7. The van der Waals surface area contributed by atoms with E-state index in [-0.39, 0.29) is 12.5 Å². The molecule has 3 N–H and O–H groups in total. The van der Waals surface area contributed by atoms with Gasteiger partial charge in [-0.15, -0.1) is 5.10 Å². The number of aromatic nitrogens is 6. The number of fused-ring (bicyclic) bond motifs is 4. The molecule has 2 unspecified atom stereocenters. The zero-order valence-electron chi connectivity index (χ0n) is 25.1. The predicted molar refractivity (Wildman–Crippen MR) is 170 cm³/mol. The number of nitrogens with zero attached hydrogens (tertiary/aromatic N) is 6. The van der Waals surface area contributed by atoms with Crippen LogP contribution in [0.25, 0.3) is 23.0 Å². The fraction of sp³-hybridized carbons (Fsp3) is 0.290. The maximum Gasteiger partial charge on any atom is 0.411 e. The molecule has 14 nitrogen and oxygen atoms in total. The van der Waals surface area contributed by atoms with Gasteiger partial charge in [0.25, 0.3) is 0 Å². The minimum absolute atomic E-state index is 0.221. The third kappa shape index (κ3) is 8.01. The number of benzene rings is 2. The molecular formula is C31H32ClN9O5. The number of rotatable bonds is 7. The summed E-state index contributed by atoms with van der Waals surface area (Å²) in [4.78, 5) is 47.1. The van der Waals surface area contributed by atoms with Gasteiger partial charge >= 0.3 is 12.1 Å². The molecule has 0 saturated heterocycles. The van der Waals surface area contributed by atoms with Crippen LogP contribution in [0.15, 0.2) is 61.2 Å². The molecule has 0 spiro atoms. The van der Waals surface area contributed by atoms with E-state index in [4.69, 9.17) is 21.1 Å². The third-order valence-corrected chi connectivity index (χ3v) is 7.46. The van der Waals surface area contributed by atoms with E-state index >= 15 is 0 Å². The fourth-order valence-electron chi connectivity index (χ4n) is 5.05. The molecule has 2 bridgehead atoms. The van der Waals surface area contributed by atoms with Gasteiger partial charge in [-0.3, -0.25) is 10.1 Å². The van der Waals surface area contributed by atoms with Crippen molar-refractivity contribution in [1.29, 1.82) is 0 Å². The molecule has 238 valence electrons. The lowest BCUT2D eigenvalue weighted by molar-refractivity contribution is -0.141. The summed E-state index contributed by atoms with van der Waals surface area (Å²) in [6, 6.07) is 11.1. The number of anilines is 2. The van der Waals surface area contributed by atoms with Crippen molar-refractivity contribution in [3.8, 4) is 16.9 Å². The number of hydrogen-bond acceptors (Lipinski definition) is 11. The Balaban J connectivity index is 1.44. The Labute approximate surface area is 269 Å². The van der Waals surface area contributed by atoms with Gasteiger partial charge in [-0.25, -0.2) is 19.6 Å². The molecule has 2 atom stereocenters. The molecule has 3 heterocycles. The van der Waals surface area contributed by atoms with Gasteiger partial charge in [0.2, 0.25) is 5.91 Å². The molecule has 0 aliphatic carbocycles. The Morgan fingerprint density at radius 3 is 2.74 bits per heavy atom. The molecule has 46 heavy (non-hydrogen) atoms. The van der Waals surface area contributed by atoms with Crippen LogP contribution in [0, 0.1) is 0 Å². The third-order valence-electron chi connectivity index (χ3n) is 7.23. The summed E-state index contributed by atoms with van der Waals surface area (Å²) >= 11 is 6.23. The smallest absolute Gasteiger partial charge is 0.411 e. The van der Waals surface area contributed by atoms with Crippen molar-refractivity contribution in [3.05, 3.63) is 77.5 Å². The number of halogens is 1. The van der Waals surface area contributed by atoms with E-state index in [9.17, 15) is 14.4 Å². The number of esters is 1. The van der Waals surface area contributed by atoms with Crippen LogP contribution in [-0.2, 0) is 19.1 Å². The largest absolute Gasteiger partial charge is 0.467 e. The molecule has 0 saturated carbocycles. The van der Waals surface area contributed by atoms with E-state index in [1.54, 1.807) is 55.5 Å². The van der Waals surface area contributed by atoms with Crippen molar-refractivity contribution in [2.45, 2.75) is 44.7 Å². The highest BCUT2D eigenvalue weighted by Gasteiger charge is 2.24. The number of amides is 2. The highest BCUT2D eigenvalue weighted by Crippen LogP contribution is 2.33. The summed E-state index contributed by atoms with van der Waals surface area (Å²) < 4.78 is 11.6. The van der Waals surface area contributed by atoms with E-state index in [0.717, 1.165) is 0 Å². The van der Waals surface area contributed by atoms with Crippen LogP contribution in [0.2, 0.25) is 5.02 Å². The molecule has 5 rings (SSSR count). The molecule has 0 fully saturated rings. The number of tetrazole rings is 1. The lowest BCUT2D eigenvalue weighted by Gasteiger charge is -2.23. The first-order chi connectivity index (χ1) is 22.3. The Morgan fingerprint density at radius 2 is 1.96 bits per heavy atom. The molecule has 0 radical (unpaired) electrons. The number of carbonyl (C=O) groups excluding carboxylic acids is 3. The lowest BCUT2D eigenvalue weighted by atomic mass is 9.98. The first-order valence-electron chi connectivity index (χ1n) is 14.6. The van der Waals surface area contributed by atoms with Gasteiger partial charge in [-0.05, 0) is 78.7 Å². The van der Waals surface area contributed by atoms with Gasteiger partial charge in [-0.1, -0.05) is 24.4 Å². The highest BCUT2D eigenvalue weighted by molar-refractivity contribution is 6.30. The topological polar surface area (TPSA) is 175 Å². The van der Waals surface area contributed by atoms with Crippen LogP contribution in [-0.4, -0.2) is 67.9 Å². The number of nitrogens with one attached hydrogen (secondary N) is 3. The minimum Gasteiger partial charge on any atom is -0.467 e. The number of methoxy groups -OCH3 is 1. The van der Waals surface area contributed by atoms with Crippen LogP contribution in [0.5, 0.6) is 0 Å². The highest BCUT2D eigenvalue weighted by atomic mass is 35.5. The molecule has 1 aliphatic rings. The average Bonchev–Trinajstić information content (AvgIpc) is 3.59. The average molecular weight is 646 g/mol. The van der Waals surface area contributed by atoms with Crippen LogP contribution in [0.3, 0.4) is 0 Å². The van der Waals surface area contributed by atoms with Crippen molar-refractivity contribution in [3.63, 3.8) is 0 Å². The van der Waals surface area contributed by atoms with Crippen LogP contribution >= 0.6 is 11.6 Å². The predicted octanol–water partition coefficient (Wildman–Crippen LogP) is 4.74. The summed E-state index contributed by atoms with van der Waals surface area (Å²) in [5, 5.41) is 20.8. The van der Waals surface area contributed by atoms with E-state index in [0.29, 0.717) is 70.3 Å². The fourth-order valence-corrected chi connectivity index (χ4v) is 5.23. The van der Waals surface area contributed by atoms with Crippen molar-refractivity contribution in [2.24, 2.45) is 0 Å². The Hall–Kier alpha value is -5.37. The van der Waals surface area contributed by atoms with E-state index in [1.165, 1.54) is 30.5 Å². The van der Waals surface area contributed by atoms with E-state index in [2.05, 4.69) is 41.4 Å². The van der Waals surface area contributed by atoms with Crippen LogP contribution in [0.1, 0.15) is 49.9 Å². The van der Waals surface area contributed by atoms with Gasteiger partial charge in [-0.2, -0.15) is 4.68 Å². The monoisotopic (exact) mass is 645 g/mol. The van der Waals surface area contributed by atoms with Crippen molar-refractivity contribution >= 4 is 47.0 Å². The van der Waals surface area contributed by atoms with Crippen molar-refractivity contribution in [2.75, 3.05) is 24.4 Å². The first-order valence-corrected chi connectivity index (χ1v) is 15.0. The van der Waals surface area contributed by atoms with Gasteiger partial charge in [0.05, 0.1) is 36.8 Å². The molecule has 2 aromatic heterocycles. The summed E-state index contributed by atoms with van der Waals surface area (Å²) in [5.41, 5.74) is 4.15. The summed E-state index contributed by atoms with van der Waals surface area (Å²) in [7, 11) is 1.34. The number of ether oxygens (including phenoxy) is 2. The van der Waals surface area contributed by atoms with Gasteiger partial charge < -0.3 is 20.1 Å². The van der Waals surface area contributed by atoms with Crippen LogP contribution < -0.4 is 16.0 Å². The number of carbonyl (C=O) groups is 3. The van der Waals surface area contributed by atoms with Gasteiger partial charge in [0.1, 0.15) is 18.7 Å². The molecule has 2 amide bonds. The second kappa shape index (κ2) is 15.1. The van der Waals surface area contributed by atoms with Gasteiger partial charge in [0, 0.05) is 33.6 Å². The normalized spacial score (nSPS) is 16.2. The quantitative estimate of drug-likeness (QED) is 0.187. The summed E-state index contributed by atoms with van der Waals surface area (Å²) in [5.74, 6) is -0.767. The maximum absolute atomic E-state index is 13.3. The first kappa shape index (κ1) is 32.0. The zero-order chi connectivity index (χ0) is 32.5. The number of hydrogen-bond donors (Lipinski definition) is 3. The van der Waals surface area contributed by atoms with Crippen molar-refractivity contribution in [1.82, 2.24) is 35.5 Å². The molecule has 1 aliphatic heterocycles. The molecule has 4 aromatic rings. The lowest BCUT2D eigenvalue weighted by Crippen LogP contribution is -2.31. The summed E-state index contributed by atoms with van der Waals surface area (Å²) in [6.45, 7) is 1.94. The Morgan fingerprint density at radius 1 is 1.11 bits per heavy atom. The minimum atomic E-state index is -0.662. The van der Waals surface area contributed by atoms with Gasteiger partial charge in [0.15, 0.2) is 0 Å². The molecule has 15 heteroatoms. The van der Waals surface area contributed by atoms with Crippen LogP contribution in [0.4, 0.5) is 16.2 Å². The SMILES string of the molecule is CCOC(=O)Nc1ccc2c(c1)NC(C(=O)OC)CCCCC(NC(=O)C=Cc1cc(Cl)ccc1-n1cnnn1)c1cc-2ncn1. The Bertz CT molecular complexity index is 1730. The standard InChI is InChI=1S/C31H32ClN9O5/c1-3-46-31(44)36-21-10-11-22-25-16-27(34-17-33-25)23(6-4-5-7-24(30(43)45-2)37-26(22)15-21)38-29(42)13-8-19-14-20(32)9-12-28(19)41-18-35-39-40-41/h8-18,23-24,37H,3-7H2,1-2H3,(H,36,44)(H,38,42). The zero-order valence-corrected chi connectivity index (χ0v) is 25.9. The summed E-state index contributed by atoms with van der Waals surface area (Å²) in [6.07, 6.45) is 7.71.